The molecule has 1 aromatic rings. The molecule has 4 atom stereocenters. The average molecular weight is 481 g/mol. The fourth-order valence-electron chi connectivity index (χ4n) is 4.93. The average Bonchev–Trinajstić information content (AvgIpc) is 3.23. The van der Waals surface area contributed by atoms with E-state index in [1.807, 2.05) is 36.4 Å². The highest BCUT2D eigenvalue weighted by molar-refractivity contribution is 7.16. The number of carbonyl (C=O) groups is 2. The summed E-state index contributed by atoms with van der Waals surface area (Å²) in [5, 5.41) is 30.0. The number of aliphatic hydroxyl groups excluding tert-OH is 2. The zero-order valence-electron chi connectivity index (χ0n) is 18.3. The van der Waals surface area contributed by atoms with Gasteiger partial charge in [-0.25, -0.2) is 0 Å². The maximum absolute atomic E-state index is 12.4. The molecular weight excluding hydrogens is 448 g/mol. The van der Waals surface area contributed by atoms with Gasteiger partial charge in [0.2, 0.25) is 0 Å². The molecule has 3 N–H and O–H groups in total. The van der Waals surface area contributed by atoms with Gasteiger partial charge in [0.15, 0.2) is 0 Å². The summed E-state index contributed by atoms with van der Waals surface area (Å²) in [7, 11) is 0. The second-order valence-corrected chi connectivity index (χ2v) is 11.0. The van der Waals surface area contributed by atoms with Crippen molar-refractivity contribution in [2.45, 2.75) is 76.4 Å². The first-order valence-corrected chi connectivity index (χ1v) is 12.7. The number of carboxylic acid groups (broad SMARTS) is 1. The summed E-state index contributed by atoms with van der Waals surface area (Å²) in [6, 6.07) is 3.94. The van der Waals surface area contributed by atoms with Gasteiger partial charge in [-0.1, -0.05) is 42.3 Å². The van der Waals surface area contributed by atoms with E-state index in [1.54, 1.807) is 11.3 Å². The number of carboxylic acids is 1. The van der Waals surface area contributed by atoms with Crippen molar-refractivity contribution in [3.05, 3.63) is 45.7 Å². The topological polar surface area (TPSA) is 94.8 Å². The normalized spacial score (nSPS) is 26.1. The van der Waals surface area contributed by atoms with Crippen molar-refractivity contribution in [2.24, 2.45) is 17.3 Å². The monoisotopic (exact) mass is 480 g/mol. The Bertz CT molecular complexity index is 841. The summed E-state index contributed by atoms with van der Waals surface area (Å²) in [5.41, 5.74) is -0.110. The number of hydrogen-bond donors (Lipinski definition) is 3. The van der Waals surface area contributed by atoms with Crippen LogP contribution >= 0.6 is 22.9 Å². The zero-order chi connectivity index (χ0) is 23.1. The van der Waals surface area contributed by atoms with Crippen molar-refractivity contribution >= 4 is 34.7 Å². The highest BCUT2D eigenvalue weighted by atomic mass is 35.5. The molecule has 0 aliphatic heterocycles. The van der Waals surface area contributed by atoms with E-state index in [2.05, 4.69) is 0 Å². The Balaban J connectivity index is 1.53. The number of ketones is 1. The summed E-state index contributed by atoms with van der Waals surface area (Å²) in [6.07, 6.45) is 13.1. The van der Waals surface area contributed by atoms with Gasteiger partial charge in [0.05, 0.1) is 16.5 Å². The van der Waals surface area contributed by atoms with Crippen molar-refractivity contribution in [1.29, 1.82) is 0 Å². The van der Waals surface area contributed by atoms with E-state index in [0.29, 0.717) is 25.7 Å². The van der Waals surface area contributed by atoms with Gasteiger partial charge in [0, 0.05) is 35.0 Å². The third-order valence-corrected chi connectivity index (χ3v) is 8.21. The molecule has 2 fully saturated rings. The number of Topliss-reactive ketones (excluding diaryl/α,β-unsaturated/α-hetero) is 1. The van der Waals surface area contributed by atoms with Crippen LogP contribution in [0.1, 0.15) is 62.7 Å². The number of aliphatic hydroxyl groups is 2. The minimum absolute atomic E-state index is 0.0629. The van der Waals surface area contributed by atoms with E-state index in [1.165, 1.54) is 4.88 Å². The largest absolute Gasteiger partial charge is 0.481 e. The van der Waals surface area contributed by atoms with Crippen molar-refractivity contribution < 1.29 is 24.9 Å². The molecule has 0 bridgehead atoms. The molecule has 0 radical (unpaired) electrons. The zero-order valence-corrected chi connectivity index (χ0v) is 19.9. The summed E-state index contributed by atoms with van der Waals surface area (Å²) in [4.78, 5) is 24.1. The minimum atomic E-state index is -0.803. The smallest absolute Gasteiger partial charge is 0.303 e. The standard InChI is InChI=1S/C25H33ClO5S/c26-23-12-11-17(32-23)16-25(13-6-14-25)22(29)9-5-8-19-18(20(27)15-21(19)28)7-3-1-2-4-10-24(30)31/h1,3,5,8,11-12,18-19,21-22,28-29H,2,4,6-7,9-10,13-16H2,(H,30,31)/t18-,19-,21-,22?/m1/s1. The first-order chi connectivity index (χ1) is 15.3. The third kappa shape index (κ3) is 6.53. The van der Waals surface area contributed by atoms with Crippen LogP contribution in [-0.2, 0) is 16.0 Å². The Morgan fingerprint density at radius 2 is 2.06 bits per heavy atom. The lowest BCUT2D eigenvalue weighted by atomic mass is 9.62. The lowest BCUT2D eigenvalue weighted by Gasteiger charge is -2.45. The quantitative estimate of drug-likeness (QED) is 0.282. The highest BCUT2D eigenvalue weighted by Gasteiger charge is 2.43. The van der Waals surface area contributed by atoms with Gasteiger partial charge in [0.1, 0.15) is 5.78 Å². The van der Waals surface area contributed by atoms with Gasteiger partial charge < -0.3 is 15.3 Å². The highest BCUT2D eigenvalue weighted by Crippen LogP contribution is 2.48. The Morgan fingerprint density at radius 3 is 2.69 bits per heavy atom. The molecule has 176 valence electrons. The van der Waals surface area contributed by atoms with Crippen LogP contribution in [0.5, 0.6) is 0 Å². The minimum Gasteiger partial charge on any atom is -0.481 e. The van der Waals surface area contributed by atoms with Crippen molar-refractivity contribution in [1.82, 2.24) is 0 Å². The Labute approximate surface area is 198 Å². The number of thiophene rings is 1. The molecule has 5 nitrogen and oxygen atoms in total. The molecule has 2 aliphatic carbocycles. The molecule has 0 amide bonds. The van der Waals surface area contributed by atoms with Crippen molar-refractivity contribution in [3.8, 4) is 0 Å². The van der Waals surface area contributed by atoms with E-state index in [0.717, 1.165) is 30.0 Å². The third-order valence-electron chi connectivity index (χ3n) is 6.98. The first-order valence-electron chi connectivity index (χ1n) is 11.5. The van der Waals surface area contributed by atoms with Crippen molar-refractivity contribution in [2.75, 3.05) is 0 Å². The second-order valence-electron chi connectivity index (χ2n) is 9.19. The number of halogens is 1. The van der Waals surface area contributed by atoms with Gasteiger partial charge in [-0.05, 0) is 57.1 Å². The molecule has 32 heavy (non-hydrogen) atoms. The molecule has 3 rings (SSSR count). The lowest BCUT2D eigenvalue weighted by Crippen LogP contribution is -2.42. The molecule has 2 aliphatic rings. The van der Waals surface area contributed by atoms with Crippen LogP contribution in [0.4, 0.5) is 0 Å². The van der Waals surface area contributed by atoms with E-state index in [9.17, 15) is 19.8 Å². The predicted molar refractivity (Wildman–Crippen MR) is 127 cm³/mol. The Hall–Kier alpha value is -1.47. The Morgan fingerprint density at radius 1 is 1.28 bits per heavy atom. The SMILES string of the molecule is O=C(O)CCCC=CC[C@H]1C(=O)C[C@@H](O)[C@@H]1C=CCC(O)C1(Cc2ccc(Cl)s2)CCC1. The van der Waals surface area contributed by atoms with Crippen LogP contribution < -0.4 is 0 Å². The van der Waals surface area contributed by atoms with Crippen LogP contribution in [-0.4, -0.2) is 39.3 Å². The molecule has 2 saturated carbocycles. The number of rotatable bonds is 12. The first kappa shape index (κ1) is 25.2. The van der Waals surface area contributed by atoms with Crippen molar-refractivity contribution in [3.63, 3.8) is 0 Å². The lowest BCUT2D eigenvalue weighted by molar-refractivity contribution is -0.137. The van der Waals surface area contributed by atoms with E-state index >= 15 is 0 Å². The van der Waals surface area contributed by atoms with Crippen LogP contribution in [0.2, 0.25) is 4.34 Å². The number of allylic oxidation sites excluding steroid dienone is 2. The van der Waals surface area contributed by atoms with Gasteiger partial charge in [-0.15, -0.1) is 11.3 Å². The van der Waals surface area contributed by atoms with Crippen LogP contribution in [0.3, 0.4) is 0 Å². The molecule has 7 heteroatoms. The second kappa shape index (κ2) is 11.6. The van der Waals surface area contributed by atoms with Crippen LogP contribution in [0.15, 0.2) is 36.4 Å². The maximum atomic E-state index is 12.4. The number of unbranched alkanes of at least 4 members (excludes halogenated alkanes) is 1. The molecule has 0 spiro atoms. The maximum Gasteiger partial charge on any atom is 0.303 e. The molecule has 0 aromatic carbocycles. The Kier molecular flexibility index (Phi) is 9.12. The van der Waals surface area contributed by atoms with E-state index < -0.39 is 18.2 Å². The van der Waals surface area contributed by atoms with E-state index in [-0.39, 0.29) is 35.9 Å². The van der Waals surface area contributed by atoms with Crippen LogP contribution in [0.25, 0.3) is 0 Å². The number of carbonyl (C=O) groups excluding carboxylic acids is 1. The van der Waals surface area contributed by atoms with Crippen LogP contribution in [0, 0.1) is 17.3 Å². The number of aliphatic carboxylic acids is 1. The molecular formula is C25H33ClO5S. The summed E-state index contributed by atoms with van der Waals surface area (Å²) in [5.74, 6) is -1.25. The molecule has 1 aromatic heterocycles. The molecule has 1 unspecified atom stereocenters. The van der Waals surface area contributed by atoms with Gasteiger partial charge >= 0.3 is 5.97 Å². The van der Waals surface area contributed by atoms with Gasteiger partial charge in [-0.2, -0.15) is 0 Å². The fourth-order valence-corrected chi connectivity index (χ4v) is 6.17. The summed E-state index contributed by atoms with van der Waals surface area (Å²) >= 11 is 7.63. The summed E-state index contributed by atoms with van der Waals surface area (Å²) < 4.78 is 0.769. The number of hydrogen-bond acceptors (Lipinski definition) is 5. The molecule has 1 heterocycles. The van der Waals surface area contributed by atoms with E-state index in [4.69, 9.17) is 16.7 Å². The van der Waals surface area contributed by atoms with Gasteiger partial charge in [0.25, 0.3) is 0 Å². The fraction of sp³-hybridized carbons (Fsp3) is 0.600. The molecule has 0 saturated heterocycles. The predicted octanol–water partition coefficient (Wildman–Crippen LogP) is 5.19. The van der Waals surface area contributed by atoms with Gasteiger partial charge in [-0.3, -0.25) is 9.59 Å². The summed E-state index contributed by atoms with van der Waals surface area (Å²) in [6.45, 7) is 0.